The fourth-order valence-electron chi connectivity index (χ4n) is 2.90. The van der Waals surface area contributed by atoms with Crippen molar-refractivity contribution in [1.82, 2.24) is 0 Å². The number of thiophene rings is 1. The maximum absolute atomic E-state index is 12.7. The average Bonchev–Trinajstić information content (AvgIpc) is 3.17. The maximum atomic E-state index is 12.7. The first-order valence-corrected chi connectivity index (χ1v) is 10.4. The smallest absolute Gasteiger partial charge is 0.341 e. The van der Waals surface area contributed by atoms with Crippen LogP contribution in [0.15, 0.2) is 28.2 Å². The van der Waals surface area contributed by atoms with E-state index in [0.29, 0.717) is 27.6 Å². The highest BCUT2D eigenvalue weighted by Gasteiger charge is 2.23. The van der Waals surface area contributed by atoms with Gasteiger partial charge < -0.3 is 14.5 Å². The number of aryl methyl sites for hydroxylation is 2. The minimum atomic E-state index is -0.420. The lowest BCUT2D eigenvalue weighted by Crippen LogP contribution is -2.14. The molecule has 0 aliphatic carbocycles. The van der Waals surface area contributed by atoms with Gasteiger partial charge >= 0.3 is 5.97 Å². The Hall–Kier alpha value is -2.34. The average molecular weight is 404 g/mol. The Bertz CT molecular complexity index is 871. The zero-order valence-electron chi connectivity index (χ0n) is 17.5. The topological polar surface area (TPSA) is 68.5 Å². The van der Waals surface area contributed by atoms with Gasteiger partial charge in [0.2, 0.25) is 0 Å². The summed E-state index contributed by atoms with van der Waals surface area (Å²) in [6.45, 7) is 11.9. The van der Waals surface area contributed by atoms with Crippen molar-refractivity contribution in [2.75, 3.05) is 11.9 Å². The van der Waals surface area contributed by atoms with Crippen LogP contribution >= 0.6 is 11.3 Å². The number of hydrogen-bond donors (Lipinski definition) is 1. The molecule has 0 spiro atoms. The molecule has 2 aromatic rings. The Morgan fingerprint density at radius 2 is 1.96 bits per heavy atom. The molecule has 28 heavy (non-hydrogen) atoms. The summed E-state index contributed by atoms with van der Waals surface area (Å²) in [5.74, 6) is 0.798. The third kappa shape index (κ3) is 5.58. The zero-order valence-corrected chi connectivity index (χ0v) is 18.3. The van der Waals surface area contributed by atoms with E-state index in [1.54, 1.807) is 26.8 Å². The van der Waals surface area contributed by atoms with Gasteiger partial charge in [0.05, 0.1) is 17.7 Å². The summed E-state index contributed by atoms with van der Waals surface area (Å²) < 4.78 is 10.6. The molecule has 1 amide bonds. The second-order valence-corrected chi connectivity index (χ2v) is 8.24. The predicted molar refractivity (Wildman–Crippen MR) is 113 cm³/mol. The SMILES string of the molecule is CCOC(=O)c1cc([C@@H](C)CCC=C(C)C)sc1NC(=O)c1cc(C)oc1C. The van der Waals surface area contributed by atoms with Gasteiger partial charge in [-0.15, -0.1) is 11.3 Å². The second-order valence-electron chi connectivity index (χ2n) is 7.15. The molecule has 2 aromatic heterocycles. The van der Waals surface area contributed by atoms with Gasteiger partial charge in [-0.3, -0.25) is 4.79 Å². The number of carbonyl (C=O) groups excluding carboxylic acids is 2. The molecule has 1 atom stereocenters. The fraction of sp³-hybridized carbons (Fsp3) is 0.455. The molecule has 0 aliphatic rings. The van der Waals surface area contributed by atoms with Crippen LogP contribution in [-0.2, 0) is 4.74 Å². The van der Waals surface area contributed by atoms with E-state index in [-0.39, 0.29) is 18.4 Å². The molecule has 0 aromatic carbocycles. The van der Waals surface area contributed by atoms with Crippen LogP contribution in [0.25, 0.3) is 0 Å². The van der Waals surface area contributed by atoms with Crippen molar-refractivity contribution in [3.63, 3.8) is 0 Å². The lowest BCUT2D eigenvalue weighted by molar-refractivity contribution is 0.0528. The van der Waals surface area contributed by atoms with Crippen molar-refractivity contribution in [1.29, 1.82) is 0 Å². The van der Waals surface area contributed by atoms with E-state index in [0.717, 1.165) is 17.7 Å². The summed E-state index contributed by atoms with van der Waals surface area (Å²) in [5, 5.41) is 3.40. The Morgan fingerprint density at radius 3 is 2.54 bits per heavy atom. The van der Waals surface area contributed by atoms with Gasteiger partial charge in [-0.1, -0.05) is 18.6 Å². The molecule has 2 heterocycles. The van der Waals surface area contributed by atoms with Gasteiger partial charge in [-0.25, -0.2) is 4.79 Å². The fourth-order valence-corrected chi connectivity index (χ4v) is 4.02. The number of anilines is 1. The molecule has 1 N–H and O–H groups in total. The minimum absolute atomic E-state index is 0.275. The van der Waals surface area contributed by atoms with E-state index >= 15 is 0 Å². The lowest BCUT2D eigenvalue weighted by Gasteiger charge is -2.07. The normalized spacial score (nSPS) is 11.8. The van der Waals surface area contributed by atoms with Crippen LogP contribution in [0.1, 0.15) is 83.6 Å². The van der Waals surface area contributed by atoms with Gasteiger partial charge in [0.1, 0.15) is 16.5 Å². The van der Waals surface area contributed by atoms with Crippen molar-refractivity contribution in [2.45, 2.75) is 60.3 Å². The van der Waals surface area contributed by atoms with Crippen LogP contribution in [0, 0.1) is 13.8 Å². The first-order valence-electron chi connectivity index (χ1n) is 9.55. The maximum Gasteiger partial charge on any atom is 0.341 e. The highest BCUT2D eigenvalue weighted by molar-refractivity contribution is 7.16. The molecule has 0 unspecified atom stereocenters. The third-order valence-corrected chi connectivity index (χ3v) is 5.68. The van der Waals surface area contributed by atoms with E-state index in [9.17, 15) is 9.59 Å². The van der Waals surface area contributed by atoms with Crippen molar-refractivity contribution in [2.24, 2.45) is 0 Å². The van der Waals surface area contributed by atoms with E-state index in [1.165, 1.54) is 16.9 Å². The summed E-state index contributed by atoms with van der Waals surface area (Å²) in [5.41, 5.74) is 2.17. The van der Waals surface area contributed by atoms with Gasteiger partial charge in [-0.2, -0.15) is 0 Å². The van der Waals surface area contributed by atoms with Gasteiger partial charge in [-0.05, 0) is 65.5 Å². The molecule has 0 saturated carbocycles. The number of furan rings is 1. The minimum Gasteiger partial charge on any atom is -0.466 e. The number of carbonyl (C=O) groups is 2. The summed E-state index contributed by atoms with van der Waals surface area (Å²) in [6, 6.07) is 3.55. The van der Waals surface area contributed by atoms with Crippen LogP contribution in [0.5, 0.6) is 0 Å². The van der Waals surface area contributed by atoms with Gasteiger partial charge in [0.15, 0.2) is 0 Å². The van der Waals surface area contributed by atoms with Crippen LogP contribution in [0.2, 0.25) is 0 Å². The lowest BCUT2D eigenvalue weighted by atomic mass is 10.0. The van der Waals surface area contributed by atoms with Crippen molar-refractivity contribution in [3.8, 4) is 0 Å². The largest absolute Gasteiger partial charge is 0.466 e. The van der Waals surface area contributed by atoms with Crippen LogP contribution in [-0.4, -0.2) is 18.5 Å². The Balaban J connectivity index is 2.26. The van der Waals surface area contributed by atoms with E-state index < -0.39 is 5.97 Å². The second kappa shape index (κ2) is 9.73. The molecule has 0 aliphatic heterocycles. The van der Waals surface area contributed by atoms with Crippen molar-refractivity contribution < 1.29 is 18.7 Å². The number of nitrogens with one attached hydrogen (secondary N) is 1. The monoisotopic (exact) mass is 403 g/mol. The number of allylic oxidation sites excluding steroid dienone is 2. The molecule has 0 bridgehead atoms. The summed E-state index contributed by atoms with van der Waals surface area (Å²) in [4.78, 5) is 26.1. The van der Waals surface area contributed by atoms with Gasteiger partial charge in [0, 0.05) is 4.88 Å². The Morgan fingerprint density at radius 1 is 1.25 bits per heavy atom. The Labute approximate surface area is 170 Å². The molecular weight excluding hydrogens is 374 g/mol. The van der Waals surface area contributed by atoms with Gasteiger partial charge in [0.25, 0.3) is 5.91 Å². The number of hydrogen-bond acceptors (Lipinski definition) is 5. The molecule has 0 fully saturated rings. The molecule has 5 nitrogen and oxygen atoms in total. The van der Waals surface area contributed by atoms with Crippen molar-refractivity contribution in [3.05, 3.63) is 51.3 Å². The predicted octanol–water partition coefficient (Wildman–Crippen LogP) is 6.24. The van der Waals surface area contributed by atoms with Crippen molar-refractivity contribution >= 4 is 28.2 Å². The highest BCUT2D eigenvalue weighted by Crippen LogP contribution is 2.36. The number of rotatable bonds is 8. The first kappa shape index (κ1) is 22.0. The molecule has 6 heteroatoms. The van der Waals surface area contributed by atoms with Crippen LogP contribution in [0.4, 0.5) is 5.00 Å². The third-order valence-electron chi connectivity index (χ3n) is 4.40. The molecule has 0 radical (unpaired) electrons. The summed E-state index contributed by atoms with van der Waals surface area (Å²) in [6.07, 6.45) is 4.16. The number of esters is 1. The first-order chi connectivity index (χ1) is 13.2. The van der Waals surface area contributed by atoms with Crippen LogP contribution < -0.4 is 5.32 Å². The quantitative estimate of drug-likeness (QED) is 0.418. The highest BCUT2D eigenvalue weighted by atomic mass is 32.1. The summed E-state index contributed by atoms with van der Waals surface area (Å²) >= 11 is 1.43. The van der Waals surface area contributed by atoms with E-state index in [4.69, 9.17) is 9.15 Å². The molecular formula is C22H29NO4S. The Kier molecular flexibility index (Phi) is 7.63. The molecule has 0 saturated heterocycles. The van der Waals surface area contributed by atoms with E-state index in [1.807, 2.05) is 6.07 Å². The summed E-state index contributed by atoms with van der Waals surface area (Å²) in [7, 11) is 0. The number of ether oxygens (including phenoxy) is 1. The molecule has 2 rings (SSSR count). The standard InChI is InChI=1S/C22H29NO4S/c1-7-26-22(25)18-12-19(14(4)10-8-9-13(2)3)28-21(18)23-20(24)17-11-15(5)27-16(17)6/h9,11-12,14H,7-8,10H2,1-6H3,(H,23,24)/t14-/m0/s1. The zero-order chi connectivity index (χ0) is 20.8. The number of amides is 1. The van der Waals surface area contributed by atoms with Crippen LogP contribution in [0.3, 0.4) is 0 Å². The molecule has 152 valence electrons. The van der Waals surface area contributed by atoms with E-state index in [2.05, 4.69) is 32.2 Å².